The topological polar surface area (TPSA) is 67.6 Å². The Bertz CT molecular complexity index is 295. The monoisotopic (exact) mass is 269 g/mol. The number of carbonyl (C=O) groups is 1. The van der Waals surface area contributed by atoms with Crippen LogP contribution in [0.3, 0.4) is 0 Å². The summed E-state index contributed by atoms with van der Waals surface area (Å²) < 4.78 is 5.28. The highest BCUT2D eigenvalue weighted by Gasteiger charge is 2.37. The Labute approximate surface area is 115 Å². The summed E-state index contributed by atoms with van der Waals surface area (Å²) in [5, 5.41) is 3.15. The van der Waals surface area contributed by atoms with E-state index < -0.39 is 5.54 Å². The van der Waals surface area contributed by atoms with Crippen LogP contribution >= 0.6 is 0 Å². The summed E-state index contributed by atoms with van der Waals surface area (Å²) in [6, 6.07) is 0.295. The molecule has 2 aliphatic heterocycles. The van der Waals surface area contributed by atoms with Crippen molar-refractivity contribution in [3.8, 4) is 0 Å². The van der Waals surface area contributed by atoms with E-state index in [9.17, 15) is 4.79 Å². The van der Waals surface area contributed by atoms with Crippen molar-refractivity contribution in [2.75, 3.05) is 32.8 Å². The standard InChI is InChI=1S/C14H27N3O2/c1-2-7-17-8-3-12(4-9-17)16-13(18)14(15)5-10-19-11-6-14/h12H,2-11,15H2,1H3,(H,16,18). The smallest absolute Gasteiger partial charge is 0.240 e. The van der Waals surface area contributed by atoms with Crippen molar-refractivity contribution < 1.29 is 9.53 Å². The van der Waals surface area contributed by atoms with Crippen LogP contribution in [0, 0.1) is 0 Å². The highest BCUT2D eigenvalue weighted by atomic mass is 16.5. The van der Waals surface area contributed by atoms with E-state index in [0.717, 1.165) is 25.9 Å². The molecule has 2 heterocycles. The molecule has 2 saturated heterocycles. The van der Waals surface area contributed by atoms with Crippen molar-refractivity contribution in [3.05, 3.63) is 0 Å². The van der Waals surface area contributed by atoms with Gasteiger partial charge in [0.25, 0.3) is 0 Å². The van der Waals surface area contributed by atoms with Crippen LogP contribution in [0.15, 0.2) is 0 Å². The van der Waals surface area contributed by atoms with Gasteiger partial charge in [-0.05, 0) is 38.6 Å². The lowest BCUT2D eigenvalue weighted by Crippen LogP contribution is -2.59. The average molecular weight is 269 g/mol. The number of rotatable bonds is 4. The van der Waals surface area contributed by atoms with E-state index >= 15 is 0 Å². The second kappa shape index (κ2) is 6.68. The molecule has 3 N–H and O–H groups in total. The average Bonchev–Trinajstić information content (AvgIpc) is 2.42. The first-order chi connectivity index (χ1) is 9.14. The minimum Gasteiger partial charge on any atom is -0.381 e. The van der Waals surface area contributed by atoms with Crippen LogP contribution in [0.5, 0.6) is 0 Å². The molecular weight excluding hydrogens is 242 g/mol. The first-order valence-electron chi connectivity index (χ1n) is 7.54. The van der Waals surface area contributed by atoms with Gasteiger partial charge in [-0.1, -0.05) is 6.92 Å². The zero-order valence-corrected chi connectivity index (χ0v) is 12.0. The SMILES string of the molecule is CCCN1CCC(NC(=O)C2(N)CCOCC2)CC1. The second-order valence-electron chi connectivity index (χ2n) is 5.86. The fraction of sp³-hybridized carbons (Fsp3) is 0.929. The number of amides is 1. The number of nitrogens with one attached hydrogen (secondary N) is 1. The molecule has 0 atom stereocenters. The summed E-state index contributed by atoms with van der Waals surface area (Å²) >= 11 is 0. The third-order valence-electron chi connectivity index (χ3n) is 4.30. The molecule has 2 fully saturated rings. The molecule has 0 unspecified atom stereocenters. The van der Waals surface area contributed by atoms with E-state index in [1.165, 1.54) is 13.0 Å². The maximum atomic E-state index is 12.3. The molecule has 0 aromatic carbocycles. The van der Waals surface area contributed by atoms with Crippen molar-refractivity contribution in [3.63, 3.8) is 0 Å². The molecule has 0 saturated carbocycles. The van der Waals surface area contributed by atoms with Gasteiger partial charge in [-0.3, -0.25) is 4.79 Å². The van der Waals surface area contributed by atoms with Crippen LogP contribution in [0.2, 0.25) is 0 Å². The number of hydrogen-bond acceptors (Lipinski definition) is 4. The van der Waals surface area contributed by atoms with Crippen LogP contribution in [0.4, 0.5) is 0 Å². The molecule has 2 rings (SSSR count). The molecule has 0 aliphatic carbocycles. The van der Waals surface area contributed by atoms with E-state index in [1.807, 2.05) is 0 Å². The Balaban J connectivity index is 1.77. The summed E-state index contributed by atoms with van der Waals surface area (Å²) in [7, 11) is 0. The van der Waals surface area contributed by atoms with Gasteiger partial charge < -0.3 is 20.7 Å². The largest absolute Gasteiger partial charge is 0.381 e. The lowest BCUT2D eigenvalue weighted by atomic mass is 9.89. The Kier molecular flexibility index (Phi) is 5.19. The van der Waals surface area contributed by atoms with E-state index in [1.54, 1.807) is 0 Å². The molecule has 5 nitrogen and oxygen atoms in total. The Morgan fingerprint density at radius 1 is 1.37 bits per heavy atom. The van der Waals surface area contributed by atoms with Crippen LogP contribution in [0.1, 0.15) is 39.0 Å². The highest BCUT2D eigenvalue weighted by molar-refractivity contribution is 5.86. The minimum atomic E-state index is -0.710. The van der Waals surface area contributed by atoms with Crippen molar-refractivity contribution >= 4 is 5.91 Å². The molecule has 0 aromatic rings. The third kappa shape index (κ3) is 3.91. The fourth-order valence-corrected chi connectivity index (χ4v) is 2.91. The number of nitrogens with two attached hydrogens (primary N) is 1. The van der Waals surface area contributed by atoms with Gasteiger partial charge in [-0.25, -0.2) is 0 Å². The van der Waals surface area contributed by atoms with Crippen molar-refractivity contribution in [1.82, 2.24) is 10.2 Å². The van der Waals surface area contributed by atoms with Crippen LogP contribution < -0.4 is 11.1 Å². The summed E-state index contributed by atoms with van der Waals surface area (Å²) in [4.78, 5) is 14.8. The van der Waals surface area contributed by atoms with Crippen molar-refractivity contribution in [2.45, 2.75) is 50.6 Å². The maximum Gasteiger partial charge on any atom is 0.240 e. The summed E-state index contributed by atoms with van der Waals surface area (Å²) in [6.07, 6.45) is 4.54. The van der Waals surface area contributed by atoms with Crippen LogP contribution in [-0.2, 0) is 9.53 Å². The number of ether oxygens (including phenoxy) is 1. The molecule has 2 aliphatic rings. The summed E-state index contributed by atoms with van der Waals surface area (Å²) in [6.45, 7) is 6.73. The van der Waals surface area contributed by atoms with Gasteiger partial charge in [-0.15, -0.1) is 0 Å². The van der Waals surface area contributed by atoms with Gasteiger partial charge in [0.05, 0.1) is 5.54 Å². The highest BCUT2D eigenvalue weighted by Crippen LogP contribution is 2.19. The number of hydrogen-bond donors (Lipinski definition) is 2. The molecule has 0 radical (unpaired) electrons. The number of piperidine rings is 1. The van der Waals surface area contributed by atoms with Crippen LogP contribution in [0.25, 0.3) is 0 Å². The number of nitrogens with zero attached hydrogens (tertiary/aromatic N) is 1. The predicted octanol–water partition coefficient (Wildman–Crippen LogP) is 0.485. The van der Waals surface area contributed by atoms with Crippen molar-refractivity contribution in [2.24, 2.45) is 5.73 Å². The normalized spacial score (nSPS) is 25.2. The van der Waals surface area contributed by atoms with E-state index in [4.69, 9.17) is 10.5 Å². The Morgan fingerprint density at radius 3 is 2.58 bits per heavy atom. The lowest BCUT2D eigenvalue weighted by molar-refractivity contribution is -0.130. The molecule has 0 bridgehead atoms. The Morgan fingerprint density at radius 2 is 2.00 bits per heavy atom. The van der Waals surface area contributed by atoms with Gasteiger partial charge in [0, 0.05) is 32.3 Å². The first-order valence-corrected chi connectivity index (χ1v) is 7.54. The first kappa shape index (κ1) is 14.8. The lowest BCUT2D eigenvalue weighted by Gasteiger charge is -2.36. The summed E-state index contributed by atoms with van der Waals surface area (Å²) in [5.41, 5.74) is 5.48. The van der Waals surface area contributed by atoms with Crippen molar-refractivity contribution in [1.29, 1.82) is 0 Å². The molecule has 110 valence electrons. The Hall–Kier alpha value is -0.650. The van der Waals surface area contributed by atoms with Gasteiger partial charge in [-0.2, -0.15) is 0 Å². The van der Waals surface area contributed by atoms with Gasteiger partial charge >= 0.3 is 0 Å². The van der Waals surface area contributed by atoms with Crippen LogP contribution in [-0.4, -0.2) is 55.2 Å². The van der Waals surface area contributed by atoms with E-state index in [0.29, 0.717) is 32.1 Å². The van der Waals surface area contributed by atoms with Gasteiger partial charge in [0.2, 0.25) is 5.91 Å². The predicted molar refractivity (Wildman–Crippen MR) is 74.9 cm³/mol. The molecule has 0 spiro atoms. The second-order valence-corrected chi connectivity index (χ2v) is 5.86. The quantitative estimate of drug-likeness (QED) is 0.779. The third-order valence-corrected chi connectivity index (χ3v) is 4.30. The van der Waals surface area contributed by atoms with Gasteiger partial charge in [0.15, 0.2) is 0 Å². The molecule has 5 heteroatoms. The molecule has 0 aromatic heterocycles. The maximum absolute atomic E-state index is 12.3. The van der Waals surface area contributed by atoms with E-state index in [2.05, 4.69) is 17.1 Å². The summed E-state index contributed by atoms with van der Waals surface area (Å²) in [5.74, 6) is 0.0183. The van der Waals surface area contributed by atoms with E-state index in [-0.39, 0.29) is 5.91 Å². The number of likely N-dealkylation sites (tertiary alicyclic amines) is 1. The number of carbonyl (C=O) groups excluding carboxylic acids is 1. The molecular formula is C14H27N3O2. The minimum absolute atomic E-state index is 0.0183. The molecule has 1 amide bonds. The zero-order valence-electron chi connectivity index (χ0n) is 12.0. The zero-order chi connectivity index (χ0) is 13.7. The van der Waals surface area contributed by atoms with Gasteiger partial charge in [0.1, 0.15) is 0 Å². The fourth-order valence-electron chi connectivity index (χ4n) is 2.91. The molecule has 19 heavy (non-hydrogen) atoms.